The van der Waals surface area contributed by atoms with Crippen molar-refractivity contribution in [1.82, 2.24) is 0 Å². The molecule has 0 saturated heterocycles. The molecule has 0 saturated carbocycles. The van der Waals surface area contributed by atoms with Crippen molar-refractivity contribution >= 4 is 23.7 Å². The Morgan fingerprint density at radius 1 is 1.60 bits per heavy atom. The monoisotopic (exact) mass is 221 g/mol. The number of carbonyl (C=O) groups is 2. The van der Waals surface area contributed by atoms with E-state index < -0.39 is 5.38 Å². The van der Waals surface area contributed by atoms with Gasteiger partial charge in [-0.15, -0.1) is 11.6 Å². The third-order valence-electron chi connectivity index (χ3n) is 2.00. The minimum atomic E-state index is -0.875. The molecular formula is C11H8ClNO2. The summed E-state index contributed by atoms with van der Waals surface area (Å²) in [6, 6.07) is 6.57. The van der Waals surface area contributed by atoms with E-state index in [0.717, 1.165) is 0 Å². The number of nitrogens with zero attached hydrogens (tertiary/aromatic N) is 1. The van der Waals surface area contributed by atoms with Gasteiger partial charge in [-0.1, -0.05) is 18.2 Å². The Morgan fingerprint density at radius 3 is 2.73 bits per heavy atom. The van der Waals surface area contributed by atoms with Crippen molar-refractivity contribution in [2.45, 2.75) is 12.3 Å². The first-order valence-electron chi connectivity index (χ1n) is 4.24. The third kappa shape index (κ3) is 2.23. The second-order valence-corrected chi connectivity index (χ2v) is 3.45. The van der Waals surface area contributed by atoms with Crippen LogP contribution >= 0.6 is 11.6 Å². The van der Waals surface area contributed by atoms with Gasteiger partial charge in [-0.3, -0.25) is 9.59 Å². The second-order valence-electron chi connectivity index (χ2n) is 3.01. The highest BCUT2D eigenvalue weighted by Crippen LogP contribution is 2.26. The molecule has 0 N–H and O–H groups in total. The number of carbonyl (C=O) groups excluding carboxylic acids is 2. The zero-order valence-electron chi connectivity index (χ0n) is 8.03. The lowest BCUT2D eigenvalue weighted by Gasteiger charge is -2.08. The van der Waals surface area contributed by atoms with E-state index in [2.05, 4.69) is 0 Å². The van der Waals surface area contributed by atoms with Gasteiger partial charge in [0.2, 0.25) is 0 Å². The number of ketones is 1. The normalized spacial score (nSPS) is 11.5. The minimum Gasteiger partial charge on any atom is -0.298 e. The van der Waals surface area contributed by atoms with Gasteiger partial charge in [0.25, 0.3) is 0 Å². The molecule has 0 spiro atoms. The van der Waals surface area contributed by atoms with E-state index in [1.165, 1.54) is 13.0 Å². The Labute approximate surface area is 92.3 Å². The summed E-state index contributed by atoms with van der Waals surface area (Å²) in [5.74, 6) is -0.254. The zero-order chi connectivity index (χ0) is 11.4. The van der Waals surface area contributed by atoms with Crippen LogP contribution in [0.5, 0.6) is 0 Å². The van der Waals surface area contributed by atoms with Crippen molar-refractivity contribution in [2.24, 2.45) is 0 Å². The number of aldehydes is 1. The van der Waals surface area contributed by atoms with Gasteiger partial charge in [-0.05, 0) is 12.5 Å². The van der Waals surface area contributed by atoms with E-state index in [4.69, 9.17) is 16.9 Å². The standard InChI is InChI=1S/C11H8ClNO2/c1-7(15)11(12)9-4-2-3-8(6-14)10(9)5-13/h2-4,6,11H,1H3. The van der Waals surface area contributed by atoms with E-state index in [1.807, 2.05) is 6.07 Å². The number of Topliss-reactive ketones (excluding diaryl/α,β-unsaturated/α-hetero) is 1. The molecular weight excluding hydrogens is 214 g/mol. The van der Waals surface area contributed by atoms with Crippen molar-refractivity contribution in [2.75, 3.05) is 0 Å². The highest BCUT2D eigenvalue weighted by molar-refractivity contribution is 6.31. The van der Waals surface area contributed by atoms with Crippen molar-refractivity contribution in [3.05, 3.63) is 34.9 Å². The summed E-state index contributed by atoms with van der Waals surface area (Å²) >= 11 is 5.84. The molecule has 0 aliphatic rings. The van der Waals surface area contributed by atoms with Gasteiger partial charge in [-0.2, -0.15) is 5.26 Å². The maximum Gasteiger partial charge on any atom is 0.152 e. The summed E-state index contributed by atoms with van der Waals surface area (Å²) in [7, 11) is 0. The van der Waals surface area contributed by atoms with Crippen LogP contribution in [0.3, 0.4) is 0 Å². The van der Waals surface area contributed by atoms with Gasteiger partial charge in [0.15, 0.2) is 12.1 Å². The van der Waals surface area contributed by atoms with E-state index in [1.54, 1.807) is 12.1 Å². The Bertz CT molecular complexity index is 448. The number of hydrogen-bond acceptors (Lipinski definition) is 3. The summed E-state index contributed by atoms with van der Waals surface area (Å²) in [5.41, 5.74) is 0.806. The third-order valence-corrected chi connectivity index (χ3v) is 2.54. The van der Waals surface area contributed by atoms with Crippen molar-refractivity contribution in [1.29, 1.82) is 5.26 Å². The van der Waals surface area contributed by atoms with Gasteiger partial charge < -0.3 is 0 Å². The second kappa shape index (κ2) is 4.72. The molecule has 0 heterocycles. The number of nitriles is 1. The lowest BCUT2D eigenvalue weighted by molar-refractivity contribution is -0.116. The number of rotatable bonds is 3. The highest BCUT2D eigenvalue weighted by atomic mass is 35.5. The van der Waals surface area contributed by atoms with Crippen LogP contribution in [-0.2, 0) is 4.79 Å². The van der Waals surface area contributed by atoms with Crippen LogP contribution in [0, 0.1) is 11.3 Å². The molecule has 0 bridgehead atoms. The molecule has 1 atom stereocenters. The fourth-order valence-electron chi connectivity index (χ4n) is 1.25. The summed E-state index contributed by atoms with van der Waals surface area (Å²) in [4.78, 5) is 21.7. The largest absolute Gasteiger partial charge is 0.298 e. The molecule has 1 aromatic carbocycles. The predicted molar refractivity (Wildman–Crippen MR) is 55.8 cm³/mol. The lowest BCUT2D eigenvalue weighted by Crippen LogP contribution is -2.05. The Morgan fingerprint density at radius 2 is 2.27 bits per heavy atom. The molecule has 0 aromatic heterocycles. The maximum atomic E-state index is 11.1. The quantitative estimate of drug-likeness (QED) is 0.581. The molecule has 0 aliphatic heterocycles. The molecule has 0 radical (unpaired) electrons. The van der Waals surface area contributed by atoms with Crippen LogP contribution < -0.4 is 0 Å². The van der Waals surface area contributed by atoms with Crippen LogP contribution in [0.2, 0.25) is 0 Å². The first kappa shape index (κ1) is 11.4. The van der Waals surface area contributed by atoms with E-state index in [0.29, 0.717) is 11.8 Å². The Hall–Kier alpha value is -1.66. The van der Waals surface area contributed by atoms with Gasteiger partial charge in [0.1, 0.15) is 11.4 Å². The topological polar surface area (TPSA) is 57.9 Å². The smallest absolute Gasteiger partial charge is 0.152 e. The number of benzene rings is 1. The molecule has 0 fully saturated rings. The van der Waals surface area contributed by atoms with Gasteiger partial charge in [0.05, 0.1) is 5.56 Å². The maximum absolute atomic E-state index is 11.1. The Kier molecular flexibility index (Phi) is 3.59. The summed E-state index contributed by atoms with van der Waals surface area (Å²) < 4.78 is 0. The van der Waals surface area contributed by atoms with E-state index >= 15 is 0 Å². The van der Waals surface area contributed by atoms with Crippen molar-refractivity contribution < 1.29 is 9.59 Å². The molecule has 15 heavy (non-hydrogen) atoms. The molecule has 1 rings (SSSR count). The van der Waals surface area contributed by atoms with E-state index in [9.17, 15) is 9.59 Å². The van der Waals surface area contributed by atoms with Crippen molar-refractivity contribution in [3.8, 4) is 6.07 Å². The van der Waals surface area contributed by atoms with Crippen LogP contribution in [0.15, 0.2) is 18.2 Å². The zero-order valence-corrected chi connectivity index (χ0v) is 8.78. The van der Waals surface area contributed by atoms with Crippen molar-refractivity contribution in [3.63, 3.8) is 0 Å². The highest BCUT2D eigenvalue weighted by Gasteiger charge is 2.18. The van der Waals surface area contributed by atoms with Gasteiger partial charge >= 0.3 is 0 Å². The SMILES string of the molecule is CC(=O)C(Cl)c1cccc(C=O)c1C#N. The van der Waals surface area contributed by atoms with Gasteiger partial charge in [0, 0.05) is 5.56 Å². The molecule has 1 aromatic rings. The predicted octanol–water partition coefficient (Wildman–Crippen LogP) is 2.24. The first-order valence-corrected chi connectivity index (χ1v) is 4.68. The number of alkyl halides is 1. The average Bonchev–Trinajstić information content (AvgIpc) is 2.26. The number of halogens is 1. The molecule has 0 aliphatic carbocycles. The molecule has 76 valence electrons. The summed E-state index contributed by atoms with van der Waals surface area (Å²) in [5, 5.41) is 8.01. The van der Waals surface area contributed by atoms with Crippen LogP contribution in [0.1, 0.15) is 33.8 Å². The first-order chi connectivity index (χ1) is 7.11. The molecule has 1 unspecified atom stereocenters. The van der Waals surface area contributed by atoms with Crippen LogP contribution in [-0.4, -0.2) is 12.1 Å². The van der Waals surface area contributed by atoms with Gasteiger partial charge in [-0.25, -0.2) is 0 Å². The molecule has 0 amide bonds. The fraction of sp³-hybridized carbons (Fsp3) is 0.182. The molecule has 3 nitrogen and oxygen atoms in total. The summed E-state index contributed by atoms with van der Waals surface area (Å²) in [6.07, 6.45) is 0.575. The lowest BCUT2D eigenvalue weighted by atomic mass is 9.99. The Balaban J connectivity index is 3.37. The minimum absolute atomic E-state index is 0.169. The average molecular weight is 222 g/mol. The fourth-order valence-corrected chi connectivity index (χ4v) is 1.43. The van der Waals surface area contributed by atoms with Crippen LogP contribution in [0.25, 0.3) is 0 Å². The number of hydrogen-bond donors (Lipinski definition) is 0. The molecule has 4 heteroatoms. The van der Waals surface area contributed by atoms with Crippen LogP contribution in [0.4, 0.5) is 0 Å². The summed E-state index contributed by atoms with van der Waals surface area (Å²) in [6.45, 7) is 1.34. The van der Waals surface area contributed by atoms with E-state index in [-0.39, 0.29) is 16.9 Å².